The first-order valence-corrected chi connectivity index (χ1v) is 6.81. The molecule has 0 bridgehead atoms. The molecule has 1 rings (SSSR count). The average molecular weight is 255 g/mol. The number of hydrogen-bond donors (Lipinski definition) is 3. The Bertz CT molecular complexity index is 267. The Labute approximate surface area is 109 Å². The van der Waals surface area contributed by atoms with Crippen LogP contribution < -0.4 is 5.32 Å². The molecule has 3 unspecified atom stereocenters. The lowest BCUT2D eigenvalue weighted by molar-refractivity contribution is 0.0884. The molecule has 0 aromatic heterocycles. The zero-order valence-corrected chi connectivity index (χ0v) is 11.2. The van der Waals surface area contributed by atoms with Gasteiger partial charge in [-0.3, -0.25) is 4.90 Å². The smallest absolute Gasteiger partial charge is 0.0866 e. The third-order valence-corrected chi connectivity index (χ3v) is 3.53. The molecule has 0 saturated carbocycles. The van der Waals surface area contributed by atoms with Gasteiger partial charge in [-0.1, -0.05) is 6.92 Å². The standard InChI is InChI=1S/C13H25N3O2/c1-2-13(18)8-11-7-12(15-4-6-17)10-16(9-11)5-3-14/h11-13,15,17-18H,2,4-10H2,1H3. The van der Waals surface area contributed by atoms with Crippen molar-refractivity contribution in [2.45, 2.75) is 38.3 Å². The van der Waals surface area contributed by atoms with Gasteiger partial charge in [0, 0.05) is 25.7 Å². The highest BCUT2D eigenvalue weighted by atomic mass is 16.3. The van der Waals surface area contributed by atoms with Gasteiger partial charge in [0.05, 0.1) is 25.3 Å². The molecule has 5 heteroatoms. The van der Waals surface area contributed by atoms with E-state index in [2.05, 4.69) is 16.3 Å². The summed E-state index contributed by atoms with van der Waals surface area (Å²) in [6.45, 7) is 4.90. The van der Waals surface area contributed by atoms with Crippen LogP contribution in [0.2, 0.25) is 0 Å². The van der Waals surface area contributed by atoms with E-state index in [0.29, 0.717) is 25.0 Å². The summed E-state index contributed by atoms with van der Waals surface area (Å²) >= 11 is 0. The summed E-state index contributed by atoms with van der Waals surface area (Å²) in [7, 11) is 0. The van der Waals surface area contributed by atoms with Crippen LogP contribution in [0.4, 0.5) is 0 Å². The fourth-order valence-electron chi connectivity index (χ4n) is 2.67. The van der Waals surface area contributed by atoms with E-state index in [0.717, 1.165) is 32.4 Å². The van der Waals surface area contributed by atoms with Gasteiger partial charge in [-0.05, 0) is 25.2 Å². The molecule has 1 heterocycles. The van der Waals surface area contributed by atoms with E-state index < -0.39 is 0 Å². The van der Waals surface area contributed by atoms with Crippen LogP contribution in [0.5, 0.6) is 0 Å². The second-order valence-corrected chi connectivity index (χ2v) is 5.13. The highest BCUT2D eigenvalue weighted by Crippen LogP contribution is 2.22. The molecule has 18 heavy (non-hydrogen) atoms. The molecule has 0 amide bonds. The van der Waals surface area contributed by atoms with E-state index in [1.54, 1.807) is 0 Å². The zero-order valence-electron chi connectivity index (χ0n) is 11.2. The third-order valence-electron chi connectivity index (χ3n) is 3.53. The van der Waals surface area contributed by atoms with Gasteiger partial charge in [0.25, 0.3) is 0 Å². The zero-order chi connectivity index (χ0) is 13.4. The van der Waals surface area contributed by atoms with Crippen LogP contribution in [0.3, 0.4) is 0 Å². The number of rotatable bonds is 7. The number of piperidine rings is 1. The molecule has 3 atom stereocenters. The first-order valence-electron chi connectivity index (χ1n) is 6.81. The van der Waals surface area contributed by atoms with Crippen molar-refractivity contribution in [2.75, 3.05) is 32.8 Å². The van der Waals surface area contributed by atoms with Gasteiger partial charge in [0.1, 0.15) is 0 Å². The van der Waals surface area contributed by atoms with Crippen molar-refractivity contribution in [3.63, 3.8) is 0 Å². The van der Waals surface area contributed by atoms with Gasteiger partial charge in [-0.15, -0.1) is 0 Å². The number of hydrogen-bond acceptors (Lipinski definition) is 5. The van der Waals surface area contributed by atoms with Gasteiger partial charge in [0.15, 0.2) is 0 Å². The summed E-state index contributed by atoms with van der Waals surface area (Å²) < 4.78 is 0. The minimum atomic E-state index is -0.240. The van der Waals surface area contributed by atoms with Crippen molar-refractivity contribution >= 4 is 0 Å². The summed E-state index contributed by atoms with van der Waals surface area (Å²) in [5, 5.41) is 30.7. The van der Waals surface area contributed by atoms with Gasteiger partial charge < -0.3 is 15.5 Å². The molecule has 0 aromatic rings. The van der Waals surface area contributed by atoms with E-state index in [1.165, 1.54) is 0 Å². The largest absolute Gasteiger partial charge is 0.395 e. The maximum atomic E-state index is 9.74. The van der Waals surface area contributed by atoms with Crippen molar-refractivity contribution in [1.29, 1.82) is 5.26 Å². The molecule has 5 nitrogen and oxygen atoms in total. The van der Waals surface area contributed by atoms with Crippen LogP contribution in [0, 0.1) is 17.2 Å². The molecule has 1 saturated heterocycles. The molecular weight excluding hydrogens is 230 g/mol. The van der Waals surface area contributed by atoms with Crippen molar-refractivity contribution < 1.29 is 10.2 Å². The van der Waals surface area contributed by atoms with Crippen molar-refractivity contribution in [2.24, 2.45) is 5.92 Å². The lowest BCUT2D eigenvalue weighted by Crippen LogP contribution is -2.50. The van der Waals surface area contributed by atoms with E-state index in [-0.39, 0.29) is 12.7 Å². The highest BCUT2D eigenvalue weighted by molar-refractivity contribution is 4.88. The molecule has 1 aliphatic heterocycles. The highest BCUT2D eigenvalue weighted by Gasteiger charge is 2.27. The van der Waals surface area contributed by atoms with Crippen LogP contribution in [0.1, 0.15) is 26.2 Å². The average Bonchev–Trinajstić information content (AvgIpc) is 2.36. The number of likely N-dealkylation sites (tertiary alicyclic amines) is 1. The third kappa shape index (κ3) is 5.32. The summed E-state index contributed by atoms with van der Waals surface area (Å²) in [6, 6.07) is 2.50. The fourth-order valence-corrected chi connectivity index (χ4v) is 2.67. The van der Waals surface area contributed by atoms with E-state index in [1.807, 2.05) is 6.92 Å². The summed E-state index contributed by atoms with van der Waals surface area (Å²) in [6.07, 6.45) is 2.36. The van der Waals surface area contributed by atoms with Gasteiger partial charge in [0.2, 0.25) is 0 Å². The first kappa shape index (κ1) is 15.4. The monoisotopic (exact) mass is 255 g/mol. The van der Waals surface area contributed by atoms with Gasteiger partial charge in [-0.2, -0.15) is 5.26 Å². The minimum Gasteiger partial charge on any atom is -0.395 e. The summed E-state index contributed by atoms with van der Waals surface area (Å²) in [4.78, 5) is 2.13. The number of nitrogens with zero attached hydrogens (tertiary/aromatic N) is 2. The number of aliphatic hydroxyl groups excluding tert-OH is 2. The van der Waals surface area contributed by atoms with E-state index in [4.69, 9.17) is 10.4 Å². The summed E-state index contributed by atoms with van der Waals surface area (Å²) in [5.74, 6) is 0.429. The lowest BCUT2D eigenvalue weighted by atomic mass is 9.89. The Morgan fingerprint density at radius 3 is 2.89 bits per heavy atom. The predicted molar refractivity (Wildman–Crippen MR) is 70.0 cm³/mol. The maximum absolute atomic E-state index is 9.74. The quantitative estimate of drug-likeness (QED) is 0.556. The molecule has 0 spiro atoms. The second kappa shape index (κ2) is 8.44. The summed E-state index contributed by atoms with van der Waals surface area (Å²) in [5.41, 5.74) is 0. The topological polar surface area (TPSA) is 79.5 Å². The Morgan fingerprint density at radius 1 is 1.50 bits per heavy atom. The lowest BCUT2D eigenvalue weighted by Gasteiger charge is -2.37. The van der Waals surface area contributed by atoms with Crippen molar-refractivity contribution in [1.82, 2.24) is 10.2 Å². The van der Waals surface area contributed by atoms with Crippen LogP contribution >= 0.6 is 0 Å². The predicted octanol–water partition coefficient (Wildman–Crippen LogP) is -0.0566. The number of nitriles is 1. The van der Waals surface area contributed by atoms with Crippen LogP contribution in [-0.2, 0) is 0 Å². The normalized spacial score (nSPS) is 26.8. The molecule has 1 aliphatic rings. The van der Waals surface area contributed by atoms with E-state index in [9.17, 15) is 5.11 Å². The molecule has 3 N–H and O–H groups in total. The Hall–Kier alpha value is -0.670. The van der Waals surface area contributed by atoms with Crippen molar-refractivity contribution in [3.8, 4) is 6.07 Å². The van der Waals surface area contributed by atoms with Crippen molar-refractivity contribution in [3.05, 3.63) is 0 Å². The molecule has 0 aromatic carbocycles. The number of nitrogens with one attached hydrogen (secondary N) is 1. The second-order valence-electron chi connectivity index (χ2n) is 5.13. The molecule has 1 fully saturated rings. The Balaban J connectivity index is 2.48. The molecule has 0 aliphatic carbocycles. The van der Waals surface area contributed by atoms with Gasteiger partial charge >= 0.3 is 0 Å². The first-order chi connectivity index (χ1) is 8.69. The molecule has 104 valence electrons. The minimum absolute atomic E-state index is 0.136. The fraction of sp³-hybridized carbons (Fsp3) is 0.923. The van der Waals surface area contributed by atoms with Crippen LogP contribution in [-0.4, -0.2) is 60.0 Å². The molecule has 0 radical (unpaired) electrons. The Kier molecular flexibility index (Phi) is 7.21. The van der Waals surface area contributed by atoms with E-state index >= 15 is 0 Å². The Morgan fingerprint density at radius 2 is 2.28 bits per heavy atom. The number of aliphatic hydroxyl groups is 2. The SMILES string of the molecule is CCC(O)CC1CC(NCCO)CN(CC#N)C1. The maximum Gasteiger partial charge on any atom is 0.0866 e. The van der Waals surface area contributed by atoms with Crippen LogP contribution in [0.15, 0.2) is 0 Å². The van der Waals surface area contributed by atoms with Gasteiger partial charge in [-0.25, -0.2) is 0 Å². The van der Waals surface area contributed by atoms with Crippen LogP contribution in [0.25, 0.3) is 0 Å². The molecular formula is C13H25N3O2.